The van der Waals surface area contributed by atoms with E-state index in [1.54, 1.807) is 22.8 Å². The maximum absolute atomic E-state index is 11.6. The molecule has 1 amide bonds. The summed E-state index contributed by atoms with van der Waals surface area (Å²) >= 11 is 2.99. The van der Waals surface area contributed by atoms with Crippen LogP contribution in [0.5, 0.6) is 0 Å². The van der Waals surface area contributed by atoms with E-state index in [-0.39, 0.29) is 5.91 Å². The van der Waals surface area contributed by atoms with Gasteiger partial charge in [0.25, 0.3) is 0 Å². The first-order chi connectivity index (χ1) is 8.78. The summed E-state index contributed by atoms with van der Waals surface area (Å²) in [5, 5.41) is 15.0. The summed E-state index contributed by atoms with van der Waals surface area (Å²) in [6.07, 6.45) is 3.35. The number of anilines is 1. The van der Waals surface area contributed by atoms with Gasteiger partial charge in [-0.2, -0.15) is 5.10 Å². The minimum atomic E-state index is -0.102. The fourth-order valence-corrected chi connectivity index (χ4v) is 2.85. The van der Waals surface area contributed by atoms with Crippen LogP contribution in [0.1, 0.15) is 13.3 Å². The second kappa shape index (κ2) is 6.45. The minimum absolute atomic E-state index is 0.102. The Balaban J connectivity index is 1.79. The number of carbonyl (C=O) groups is 1. The van der Waals surface area contributed by atoms with Crippen molar-refractivity contribution in [1.29, 1.82) is 0 Å². The van der Waals surface area contributed by atoms with Crippen molar-refractivity contribution in [3.05, 3.63) is 12.7 Å². The lowest BCUT2D eigenvalue weighted by Gasteiger charge is -2.00. The smallest absolute Gasteiger partial charge is 0.228 e. The number of aromatic nitrogens is 5. The Morgan fingerprint density at radius 3 is 3.17 bits per heavy atom. The number of carbonyl (C=O) groups excluding carboxylic acids is 1. The fourth-order valence-electron chi connectivity index (χ4n) is 1.19. The zero-order chi connectivity index (χ0) is 12.8. The molecule has 0 saturated carbocycles. The summed E-state index contributed by atoms with van der Waals surface area (Å²) in [5.74, 6) is 0.837. The van der Waals surface area contributed by atoms with E-state index < -0.39 is 0 Å². The molecule has 2 aromatic heterocycles. The van der Waals surface area contributed by atoms with E-state index in [1.165, 1.54) is 17.7 Å². The van der Waals surface area contributed by atoms with Crippen molar-refractivity contribution in [3.8, 4) is 0 Å². The van der Waals surface area contributed by atoms with Crippen molar-refractivity contribution in [2.24, 2.45) is 0 Å². The van der Waals surface area contributed by atoms with Gasteiger partial charge in [0.1, 0.15) is 12.7 Å². The lowest BCUT2D eigenvalue weighted by molar-refractivity contribution is -0.116. The van der Waals surface area contributed by atoms with Gasteiger partial charge in [0.15, 0.2) is 4.34 Å². The van der Waals surface area contributed by atoms with E-state index in [1.807, 2.05) is 6.92 Å². The second-order valence-corrected chi connectivity index (χ2v) is 5.75. The number of nitrogens with zero attached hydrogens (tertiary/aromatic N) is 5. The standard InChI is InChI=1S/C9H12N6OS2/c1-2-17-9-14-13-8(18-9)12-7(16)3-4-15-6-10-5-11-15/h5-6H,2-4H2,1H3,(H,12,13,16). The van der Waals surface area contributed by atoms with Gasteiger partial charge in [-0.25, -0.2) is 4.98 Å². The topological polar surface area (TPSA) is 85.6 Å². The molecule has 0 aliphatic rings. The summed E-state index contributed by atoms with van der Waals surface area (Å²) < 4.78 is 2.47. The van der Waals surface area contributed by atoms with Crippen LogP contribution in [0.3, 0.4) is 0 Å². The highest BCUT2D eigenvalue weighted by atomic mass is 32.2. The Hall–Kier alpha value is -1.48. The van der Waals surface area contributed by atoms with Gasteiger partial charge in [0.2, 0.25) is 11.0 Å². The second-order valence-electron chi connectivity index (χ2n) is 3.26. The largest absolute Gasteiger partial charge is 0.300 e. The van der Waals surface area contributed by atoms with Gasteiger partial charge in [-0.1, -0.05) is 30.0 Å². The molecule has 2 rings (SSSR count). The first-order valence-corrected chi connectivity index (χ1v) is 7.16. The van der Waals surface area contributed by atoms with Crippen molar-refractivity contribution >= 4 is 34.1 Å². The molecule has 9 heteroatoms. The summed E-state index contributed by atoms with van der Waals surface area (Å²) in [6, 6.07) is 0. The van der Waals surface area contributed by atoms with Crippen molar-refractivity contribution in [2.45, 2.75) is 24.2 Å². The number of rotatable bonds is 6. The predicted octanol–water partition coefficient (Wildman–Crippen LogP) is 1.27. The van der Waals surface area contributed by atoms with Crippen LogP contribution in [0.25, 0.3) is 0 Å². The van der Waals surface area contributed by atoms with Crippen molar-refractivity contribution in [3.63, 3.8) is 0 Å². The average Bonchev–Trinajstić information content (AvgIpc) is 2.99. The molecule has 0 bridgehead atoms. The van der Waals surface area contributed by atoms with E-state index in [2.05, 4.69) is 25.6 Å². The van der Waals surface area contributed by atoms with E-state index in [0.29, 0.717) is 18.1 Å². The third-order valence-electron chi connectivity index (χ3n) is 1.96. The highest BCUT2D eigenvalue weighted by Gasteiger charge is 2.08. The number of amides is 1. The molecule has 0 spiro atoms. The van der Waals surface area contributed by atoms with E-state index in [9.17, 15) is 4.79 Å². The Morgan fingerprint density at radius 2 is 2.44 bits per heavy atom. The summed E-state index contributed by atoms with van der Waals surface area (Å²) in [5.41, 5.74) is 0. The lowest BCUT2D eigenvalue weighted by Crippen LogP contribution is -2.14. The summed E-state index contributed by atoms with van der Waals surface area (Å²) in [6.45, 7) is 2.55. The molecule has 7 nitrogen and oxygen atoms in total. The van der Waals surface area contributed by atoms with Crippen LogP contribution in [0, 0.1) is 0 Å². The highest BCUT2D eigenvalue weighted by Crippen LogP contribution is 2.24. The first-order valence-electron chi connectivity index (χ1n) is 5.36. The van der Waals surface area contributed by atoms with Gasteiger partial charge in [-0.3, -0.25) is 9.48 Å². The molecule has 0 aliphatic heterocycles. The maximum atomic E-state index is 11.6. The average molecular weight is 284 g/mol. The van der Waals surface area contributed by atoms with Gasteiger partial charge >= 0.3 is 0 Å². The Bertz CT molecular complexity index is 497. The molecule has 2 heterocycles. The third-order valence-corrected chi connectivity index (χ3v) is 3.81. The van der Waals surface area contributed by atoms with E-state index in [0.717, 1.165) is 10.1 Å². The Kier molecular flexibility index (Phi) is 4.65. The van der Waals surface area contributed by atoms with Crippen LogP contribution in [0.2, 0.25) is 0 Å². The van der Waals surface area contributed by atoms with Gasteiger partial charge in [0, 0.05) is 6.42 Å². The van der Waals surface area contributed by atoms with Crippen LogP contribution in [-0.4, -0.2) is 36.6 Å². The van der Waals surface area contributed by atoms with Gasteiger partial charge < -0.3 is 5.32 Å². The summed E-state index contributed by atoms with van der Waals surface area (Å²) in [7, 11) is 0. The number of hydrogen-bond acceptors (Lipinski definition) is 7. The monoisotopic (exact) mass is 284 g/mol. The van der Waals surface area contributed by atoms with Crippen molar-refractivity contribution < 1.29 is 4.79 Å². The zero-order valence-corrected chi connectivity index (χ0v) is 11.4. The number of nitrogens with one attached hydrogen (secondary N) is 1. The molecule has 2 aromatic rings. The first kappa shape index (κ1) is 13.0. The molecule has 0 aromatic carbocycles. The van der Waals surface area contributed by atoms with Crippen molar-refractivity contribution in [1.82, 2.24) is 25.0 Å². The van der Waals surface area contributed by atoms with Crippen LogP contribution in [-0.2, 0) is 11.3 Å². The fraction of sp³-hybridized carbons (Fsp3) is 0.444. The molecule has 96 valence electrons. The van der Waals surface area contributed by atoms with Crippen molar-refractivity contribution in [2.75, 3.05) is 11.1 Å². The van der Waals surface area contributed by atoms with Crippen LogP contribution < -0.4 is 5.32 Å². The lowest BCUT2D eigenvalue weighted by atomic mass is 10.4. The number of aryl methyl sites for hydroxylation is 1. The molecular formula is C9H12N6OS2. The highest BCUT2D eigenvalue weighted by molar-refractivity contribution is 8.01. The van der Waals surface area contributed by atoms with Crippen LogP contribution >= 0.6 is 23.1 Å². The van der Waals surface area contributed by atoms with Gasteiger partial charge in [-0.05, 0) is 5.75 Å². The zero-order valence-electron chi connectivity index (χ0n) is 9.74. The van der Waals surface area contributed by atoms with Gasteiger partial charge in [-0.15, -0.1) is 10.2 Å². The molecule has 1 N–H and O–H groups in total. The Morgan fingerprint density at radius 1 is 1.56 bits per heavy atom. The quantitative estimate of drug-likeness (QED) is 0.635. The maximum Gasteiger partial charge on any atom is 0.228 e. The van der Waals surface area contributed by atoms with Crippen LogP contribution in [0.15, 0.2) is 17.0 Å². The molecular weight excluding hydrogens is 272 g/mol. The third kappa shape index (κ3) is 3.77. The molecule has 0 unspecified atom stereocenters. The van der Waals surface area contributed by atoms with E-state index >= 15 is 0 Å². The number of hydrogen-bond donors (Lipinski definition) is 1. The molecule has 0 atom stereocenters. The van der Waals surface area contributed by atoms with Gasteiger partial charge in [0.05, 0.1) is 6.54 Å². The minimum Gasteiger partial charge on any atom is -0.300 e. The molecule has 0 fully saturated rings. The molecule has 0 aliphatic carbocycles. The SMILES string of the molecule is CCSc1nnc(NC(=O)CCn2cncn2)s1. The summed E-state index contributed by atoms with van der Waals surface area (Å²) in [4.78, 5) is 15.4. The molecule has 18 heavy (non-hydrogen) atoms. The molecule has 0 radical (unpaired) electrons. The predicted molar refractivity (Wildman–Crippen MR) is 69.6 cm³/mol. The van der Waals surface area contributed by atoms with Crippen LogP contribution in [0.4, 0.5) is 5.13 Å². The molecule has 0 saturated heterocycles. The Labute approximate surface area is 112 Å². The normalized spacial score (nSPS) is 10.5. The number of thioether (sulfide) groups is 1. The van der Waals surface area contributed by atoms with E-state index in [4.69, 9.17) is 0 Å².